The van der Waals surface area contributed by atoms with Gasteiger partial charge >= 0.3 is 5.97 Å². The Balaban J connectivity index is 1.48. The van der Waals surface area contributed by atoms with Gasteiger partial charge in [0.25, 0.3) is 5.91 Å². The number of carbonyl (C=O) groups excluding carboxylic acids is 1. The van der Waals surface area contributed by atoms with E-state index in [0.717, 1.165) is 29.9 Å². The summed E-state index contributed by atoms with van der Waals surface area (Å²) in [7, 11) is 0. The second-order valence-electron chi connectivity index (χ2n) is 8.45. The van der Waals surface area contributed by atoms with Gasteiger partial charge in [0.05, 0.1) is 52.5 Å². The number of aryl methyl sites for hydroxylation is 1. The van der Waals surface area contributed by atoms with Crippen molar-refractivity contribution in [3.63, 3.8) is 0 Å². The molecule has 1 aliphatic carbocycles. The van der Waals surface area contributed by atoms with Crippen LogP contribution in [0, 0.1) is 12.8 Å². The van der Waals surface area contributed by atoms with Crippen LogP contribution in [0.25, 0.3) is 5.82 Å². The van der Waals surface area contributed by atoms with E-state index in [4.69, 9.17) is 16.7 Å². The average molecular weight is 483 g/mol. The summed E-state index contributed by atoms with van der Waals surface area (Å²) >= 11 is 6.11. The highest BCUT2D eigenvalue weighted by atomic mass is 35.5. The van der Waals surface area contributed by atoms with Gasteiger partial charge in [0.1, 0.15) is 0 Å². The number of pyridine rings is 2. The van der Waals surface area contributed by atoms with Crippen LogP contribution in [0.15, 0.2) is 42.9 Å². The zero-order valence-electron chi connectivity index (χ0n) is 18.9. The lowest BCUT2D eigenvalue weighted by atomic mass is 9.94. The van der Waals surface area contributed by atoms with Crippen LogP contribution in [0.4, 0.5) is 5.69 Å². The zero-order chi connectivity index (χ0) is 24.1. The molecule has 0 saturated heterocycles. The quantitative estimate of drug-likeness (QED) is 0.418. The van der Waals surface area contributed by atoms with Crippen molar-refractivity contribution >= 4 is 29.2 Å². The number of amides is 1. The second kappa shape index (κ2) is 10.6. The lowest BCUT2D eigenvalue weighted by Gasteiger charge is -2.25. The number of aliphatic carboxylic acids is 1. The van der Waals surface area contributed by atoms with E-state index < -0.39 is 5.97 Å². The van der Waals surface area contributed by atoms with Crippen LogP contribution in [-0.2, 0) is 4.79 Å². The Morgan fingerprint density at radius 1 is 1.18 bits per heavy atom. The van der Waals surface area contributed by atoms with Gasteiger partial charge in [-0.25, -0.2) is 9.67 Å². The van der Waals surface area contributed by atoms with Crippen LogP contribution in [0.2, 0.25) is 5.02 Å². The van der Waals surface area contributed by atoms with Gasteiger partial charge in [0.15, 0.2) is 5.82 Å². The molecule has 3 heterocycles. The molecule has 0 radical (unpaired) electrons. The van der Waals surface area contributed by atoms with Crippen molar-refractivity contribution in [1.82, 2.24) is 25.1 Å². The third kappa shape index (κ3) is 5.72. The van der Waals surface area contributed by atoms with E-state index in [1.807, 2.05) is 25.1 Å². The molecule has 34 heavy (non-hydrogen) atoms. The Labute approximate surface area is 202 Å². The normalized spacial score (nSPS) is 14.6. The molecule has 3 aromatic rings. The smallest absolute Gasteiger partial charge is 0.305 e. The summed E-state index contributed by atoms with van der Waals surface area (Å²) in [5.74, 6) is -0.186. The summed E-state index contributed by atoms with van der Waals surface area (Å²) in [5, 5.41) is 19.9. The molecule has 0 aromatic carbocycles. The molecule has 1 aliphatic rings. The van der Waals surface area contributed by atoms with Crippen LogP contribution in [0.5, 0.6) is 0 Å². The molecule has 0 unspecified atom stereocenters. The number of carboxylic acids is 1. The Bertz CT molecular complexity index is 1120. The van der Waals surface area contributed by atoms with E-state index in [-0.39, 0.29) is 24.9 Å². The van der Waals surface area contributed by atoms with Crippen molar-refractivity contribution in [3.8, 4) is 5.82 Å². The summed E-state index contributed by atoms with van der Waals surface area (Å²) in [6, 6.07) is 7.42. The summed E-state index contributed by atoms with van der Waals surface area (Å²) in [6.07, 6.45) is 9.50. The maximum Gasteiger partial charge on any atom is 0.305 e. The summed E-state index contributed by atoms with van der Waals surface area (Å²) in [5.41, 5.74) is 2.87. The molecule has 0 bridgehead atoms. The molecule has 10 heteroatoms. The third-order valence-corrected chi connectivity index (χ3v) is 6.38. The van der Waals surface area contributed by atoms with Crippen LogP contribution >= 0.6 is 11.6 Å². The van der Waals surface area contributed by atoms with Gasteiger partial charge in [0, 0.05) is 12.7 Å². The van der Waals surface area contributed by atoms with Gasteiger partial charge < -0.3 is 15.7 Å². The first kappa shape index (κ1) is 23.7. The summed E-state index contributed by atoms with van der Waals surface area (Å²) in [4.78, 5) is 32.0. The second-order valence-corrected chi connectivity index (χ2v) is 8.86. The fourth-order valence-corrected chi connectivity index (χ4v) is 4.31. The van der Waals surface area contributed by atoms with Gasteiger partial charge in [-0.2, -0.15) is 5.10 Å². The SMILES string of the molecule is Cc1nn(-c2ccc(N[C@H](c3ccc(C(=O)NCCC(=O)O)cn3)C3CCCC3)cn2)cc1Cl. The van der Waals surface area contributed by atoms with Gasteiger partial charge in [-0.15, -0.1) is 0 Å². The van der Waals surface area contributed by atoms with Gasteiger partial charge in [-0.1, -0.05) is 24.4 Å². The van der Waals surface area contributed by atoms with Crippen molar-refractivity contribution in [3.05, 3.63) is 64.8 Å². The highest BCUT2D eigenvalue weighted by molar-refractivity contribution is 6.31. The highest BCUT2D eigenvalue weighted by Crippen LogP contribution is 2.37. The van der Waals surface area contributed by atoms with E-state index in [1.54, 1.807) is 29.3 Å². The molecule has 1 fully saturated rings. The van der Waals surface area contributed by atoms with E-state index in [2.05, 4.69) is 25.7 Å². The molecule has 0 spiro atoms. The number of hydrogen-bond donors (Lipinski definition) is 3. The Kier molecular flexibility index (Phi) is 7.42. The average Bonchev–Trinajstić information content (AvgIpc) is 3.48. The summed E-state index contributed by atoms with van der Waals surface area (Å²) < 4.78 is 1.65. The Hall–Kier alpha value is -3.46. The van der Waals surface area contributed by atoms with Gasteiger partial charge in [-0.3, -0.25) is 14.6 Å². The first-order valence-electron chi connectivity index (χ1n) is 11.3. The topological polar surface area (TPSA) is 122 Å². The predicted molar refractivity (Wildman–Crippen MR) is 128 cm³/mol. The van der Waals surface area contributed by atoms with Crippen molar-refractivity contribution in [2.24, 2.45) is 5.92 Å². The van der Waals surface area contributed by atoms with E-state index >= 15 is 0 Å². The minimum atomic E-state index is -0.953. The predicted octanol–water partition coefficient (Wildman–Crippen LogP) is 4.17. The van der Waals surface area contributed by atoms with Crippen molar-refractivity contribution in [2.45, 2.75) is 45.1 Å². The number of rotatable bonds is 9. The molecule has 4 rings (SSSR count). The number of anilines is 1. The molecule has 1 amide bonds. The number of carbonyl (C=O) groups is 2. The van der Waals surface area contributed by atoms with Crippen molar-refractivity contribution < 1.29 is 14.7 Å². The number of halogens is 1. The molecule has 0 aliphatic heterocycles. The molecule has 3 aromatic heterocycles. The number of nitrogens with one attached hydrogen (secondary N) is 2. The lowest BCUT2D eigenvalue weighted by molar-refractivity contribution is -0.136. The monoisotopic (exact) mass is 482 g/mol. The standard InChI is InChI=1S/C24H27ClN6O3/c1-15-19(25)14-31(30-15)21-9-7-18(13-28-21)29-23(16-4-2-3-5-16)20-8-6-17(12-27-20)24(34)26-11-10-22(32)33/h6-9,12-14,16,23,29H,2-5,10-11H2,1H3,(H,26,34)(H,32,33)/t23-/m0/s1. The molecule has 9 nitrogen and oxygen atoms in total. The zero-order valence-corrected chi connectivity index (χ0v) is 19.6. The Morgan fingerprint density at radius 3 is 2.56 bits per heavy atom. The minimum Gasteiger partial charge on any atom is -0.481 e. The lowest BCUT2D eigenvalue weighted by Crippen LogP contribution is -2.26. The van der Waals surface area contributed by atoms with Crippen LogP contribution < -0.4 is 10.6 Å². The molecular formula is C24H27ClN6O3. The molecule has 1 saturated carbocycles. The maximum atomic E-state index is 12.2. The third-order valence-electron chi connectivity index (χ3n) is 6.01. The van der Waals surface area contributed by atoms with E-state index in [0.29, 0.717) is 22.3 Å². The number of nitrogens with zero attached hydrogens (tertiary/aromatic N) is 4. The Morgan fingerprint density at radius 2 is 1.97 bits per heavy atom. The number of hydrogen-bond acceptors (Lipinski definition) is 6. The van der Waals surface area contributed by atoms with E-state index in [1.165, 1.54) is 12.8 Å². The van der Waals surface area contributed by atoms with Crippen molar-refractivity contribution in [1.29, 1.82) is 0 Å². The molecule has 1 atom stereocenters. The molecule has 3 N–H and O–H groups in total. The largest absolute Gasteiger partial charge is 0.481 e. The van der Waals surface area contributed by atoms with Gasteiger partial charge in [-0.05, 0) is 49.9 Å². The van der Waals surface area contributed by atoms with Crippen molar-refractivity contribution in [2.75, 3.05) is 11.9 Å². The maximum absolute atomic E-state index is 12.2. The first-order valence-corrected chi connectivity index (χ1v) is 11.7. The molecule has 178 valence electrons. The first-order chi connectivity index (χ1) is 16.4. The fourth-order valence-electron chi connectivity index (χ4n) is 4.18. The summed E-state index contributed by atoms with van der Waals surface area (Å²) in [6.45, 7) is 1.92. The van der Waals surface area contributed by atoms with E-state index in [9.17, 15) is 9.59 Å². The highest BCUT2D eigenvalue weighted by Gasteiger charge is 2.27. The van der Waals surface area contributed by atoms with Gasteiger partial charge in [0.2, 0.25) is 0 Å². The number of aromatic nitrogens is 4. The number of carboxylic acid groups (broad SMARTS) is 1. The van der Waals surface area contributed by atoms with Crippen LogP contribution in [0.3, 0.4) is 0 Å². The molecular weight excluding hydrogens is 456 g/mol. The minimum absolute atomic E-state index is 0.0133. The van der Waals surface area contributed by atoms with Crippen LogP contribution in [0.1, 0.15) is 59.9 Å². The fraction of sp³-hybridized carbons (Fsp3) is 0.375. The van der Waals surface area contributed by atoms with Crippen LogP contribution in [-0.4, -0.2) is 43.3 Å².